The number of hydrogen-bond acceptors (Lipinski definition) is 6. The van der Waals surface area contributed by atoms with E-state index in [0.29, 0.717) is 5.02 Å². The second-order valence-corrected chi connectivity index (χ2v) is 11.5. The van der Waals surface area contributed by atoms with E-state index in [0.717, 1.165) is 67.0 Å². The molecule has 162 valence electrons. The van der Waals surface area contributed by atoms with Crippen LogP contribution in [0.25, 0.3) is 0 Å². The number of piperidine rings is 2. The third kappa shape index (κ3) is 4.92. The number of rotatable bonds is 4. The van der Waals surface area contributed by atoms with E-state index < -0.39 is 9.84 Å². The second kappa shape index (κ2) is 9.01. The third-order valence-corrected chi connectivity index (χ3v) is 8.30. The largest absolute Gasteiger partial charge is 0.371 e. The van der Waals surface area contributed by atoms with Gasteiger partial charge in [0.05, 0.1) is 14.4 Å². The van der Waals surface area contributed by atoms with E-state index in [1.165, 1.54) is 19.1 Å². The first kappa shape index (κ1) is 21.8. The molecule has 1 aromatic heterocycles. The van der Waals surface area contributed by atoms with Crippen LogP contribution in [0.5, 0.6) is 0 Å². The maximum atomic E-state index is 11.8. The van der Waals surface area contributed by atoms with Crippen LogP contribution in [0.4, 0.5) is 11.6 Å². The predicted octanol–water partition coefficient (Wildman–Crippen LogP) is 4.43. The highest BCUT2D eigenvalue weighted by Crippen LogP contribution is 2.35. The van der Waals surface area contributed by atoms with E-state index >= 15 is 0 Å². The summed E-state index contributed by atoms with van der Waals surface area (Å²) in [5, 5.41) is 0.305. The molecule has 9 heteroatoms. The summed E-state index contributed by atoms with van der Waals surface area (Å²) in [6.07, 6.45) is 9.47. The fourth-order valence-corrected chi connectivity index (χ4v) is 6.18. The van der Waals surface area contributed by atoms with Gasteiger partial charge < -0.3 is 9.80 Å². The Labute approximate surface area is 191 Å². The molecular formula is C21H26BrClN4O2S. The zero-order valence-corrected chi connectivity index (χ0v) is 20.1. The summed E-state index contributed by atoms with van der Waals surface area (Å²) in [7, 11) is -3.30. The molecule has 2 aliphatic heterocycles. The van der Waals surface area contributed by atoms with Crippen molar-refractivity contribution in [3.63, 3.8) is 0 Å². The van der Waals surface area contributed by atoms with Crippen molar-refractivity contribution in [2.45, 2.75) is 30.6 Å². The van der Waals surface area contributed by atoms with Gasteiger partial charge in [0, 0.05) is 50.5 Å². The van der Waals surface area contributed by atoms with E-state index in [9.17, 15) is 8.42 Å². The van der Waals surface area contributed by atoms with Crippen molar-refractivity contribution < 1.29 is 8.42 Å². The van der Waals surface area contributed by atoms with Gasteiger partial charge in [0.2, 0.25) is 5.95 Å². The highest BCUT2D eigenvalue weighted by molar-refractivity contribution is 9.10. The summed E-state index contributed by atoms with van der Waals surface area (Å²) in [6, 6.07) is 5.28. The molecule has 0 amide bonds. The summed E-state index contributed by atoms with van der Waals surface area (Å²) in [6.45, 7) is 3.98. The van der Waals surface area contributed by atoms with E-state index in [2.05, 4.69) is 35.7 Å². The molecule has 1 aromatic carbocycles. The van der Waals surface area contributed by atoms with Crippen LogP contribution in [0.2, 0.25) is 5.02 Å². The lowest BCUT2D eigenvalue weighted by molar-refractivity contribution is 0.232. The lowest BCUT2D eigenvalue weighted by atomic mass is 9.79. The molecule has 2 aliphatic rings. The van der Waals surface area contributed by atoms with Crippen LogP contribution in [0, 0.1) is 11.8 Å². The van der Waals surface area contributed by atoms with E-state index in [-0.39, 0.29) is 4.90 Å². The molecule has 3 heterocycles. The zero-order chi connectivity index (χ0) is 21.3. The van der Waals surface area contributed by atoms with Gasteiger partial charge in [-0.3, -0.25) is 0 Å². The molecule has 2 aromatic rings. The van der Waals surface area contributed by atoms with Gasteiger partial charge in [0.25, 0.3) is 0 Å². The molecule has 0 spiro atoms. The van der Waals surface area contributed by atoms with E-state index in [1.807, 2.05) is 6.07 Å². The number of aromatic nitrogens is 2. The lowest BCUT2D eigenvalue weighted by Gasteiger charge is -2.41. The molecule has 0 unspecified atom stereocenters. The van der Waals surface area contributed by atoms with Gasteiger partial charge >= 0.3 is 0 Å². The van der Waals surface area contributed by atoms with Crippen molar-refractivity contribution in [3.05, 3.63) is 40.1 Å². The van der Waals surface area contributed by atoms with Crippen LogP contribution in [0.3, 0.4) is 0 Å². The molecule has 0 saturated carbocycles. The molecule has 30 heavy (non-hydrogen) atoms. The quantitative estimate of drug-likeness (QED) is 0.603. The third-order valence-electron chi connectivity index (χ3n) is 6.32. The Bertz CT molecular complexity index is 987. The number of nitrogens with zero attached hydrogens (tertiary/aromatic N) is 4. The highest BCUT2D eigenvalue weighted by atomic mass is 79.9. The normalized spacial score (nSPS) is 19.3. The van der Waals surface area contributed by atoms with Gasteiger partial charge in [-0.2, -0.15) is 0 Å². The Hall–Kier alpha value is -1.38. The minimum absolute atomic E-state index is 0.198. The van der Waals surface area contributed by atoms with Crippen LogP contribution in [-0.4, -0.2) is 50.8 Å². The first-order valence-electron chi connectivity index (χ1n) is 10.3. The fourth-order valence-electron chi connectivity index (χ4n) is 4.66. The molecule has 6 nitrogen and oxygen atoms in total. The van der Waals surface area contributed by atoms with Gasteiger partial charge in [0.1, 0.15) is 0 Å². The fraction of sp³-hybridized carbons (Fsp3) is 0.524. The van der Waals surface area contributed by atoms with Gasteiger partial charge in [0.15, 0.2) is 9.84 Å². The SMILES string of the molecule is CS(=O)(=O)c1ccc(N2CCC(C3CCN(c4ncc(Br)cn4)CC3)CC2)cc1Cl. The molecule has 4 rings (SSSR count). The van der Waals surface area contributed by atoms with Gasteiger partial charge in [-0.25, -0.2) is 18.4 Å². The summed E-state index contributed by atoms with van der Waals surface area (Å²) < 4.78 is 24.5. The van der Waals surface area contributed by atoms with Crippen molar-refractivity contribution in [1.82, 2.24) is 9.97 Å². The van der Waals surface area contributed by atoms with Crippen molar-refractivity contribution in [1.29, 1.82) is 0 Å². The second-order valence-electron chi connectivity index (χ2n) is 8.24. The predicted molar refractivity (Wildman–Crippen MR) is 124 cm³/mol. The molecule has 0 aliphatic carbocycles. The van der Waals surface area contributed by atoms with Crippen molar-refractivity contribution in [3.8, 4) is 0 Å². The Balaban J connectivity index is 1.31. The monoisotopic (exact) mass is 512 g/mol. The van der Waals surface area contributed by atoms with Crippen LogP contribution < -0.4 is 9.80 Å². The number of benzene rings is 1. The van der Waals surface area contributed by atoms with Crippen molar-refractivity contribution in [2.75, 3.05) is 42.2 Å². The molecule has 2 saturated heterocycles. The Kier molecular flexibility index (Phi) is 6.55. The molecule has 0 bridgehead atoms. The van der Waals surface area contributed by atoms with Crippen LogP contribution in [-0.2, 0) is 9.84 Å². The van der Waals surface area contributed by atoms with Gasteiger partial charge in [-0.05, 0) is 71.6 Å². The molecule has 0 atom stereocenters. The summed E-state index contributed by atoms with van der Waals surface area (Å²) in [4.78, 5) is 13.6. The maximum absolute atomic E-state index is 11.8. The average molecular weight is 514 g/mol. The van der Waals surface area contributed by atoms with Crippen LogP contribution in [0.15, 0.2) is 40.0 Å². The van der Waals surface area contributed by atoms with Crippen molar-refractivity contribution in [2.24, 2.45) is 11.8 Å². The van der Waals surface area contributed by atoms with E-state index in [1.54, 1.807) is 24.5 Å². The molecule has 2 fully saturated rings. The minimum Gasteiger partial charge on any atom is -0.371 e. The average Bonchev–Trinajstić information content (AvgIpc) is 2.74. The smallest absolute Gasteiger partial charge is 0.225 e. The molecule has 0 N–H and O–H groups in total. The van der Waals surface area contributed by atoms with Crippen molar-refractivity contribution >= 4 is 49.0 Å². The number of halogens is 2. The van der Waals surface area contributed by atoms with Gasteiger partial charge in [-0.1, -0.05) is 11.6 Å². The molecular weight excluding hydrogens is 488 g/mol. The summed E-state index contributed by atoms with van der Waals surface area (Å²) in [5.41, 5.74) is 1.01. The Morgan fingerprint density at radius 1 is 0.967 bits per heavy atom. The lowest BCUT2D eigenvalue weighted by Crippen LogP contribution is -2.41. The number of anilines is 2. The molecule has 0 radical (unpaired) electrons. The summed E-state index contributed by atoms with van der Waals surface area (Å²) in [5.74, 6) is 2.30. The number of sulfone groups is 1. The van der Waals surface area contributed by atoms with E-state index in [4.69, 9.17) is 11.6 Å². The van der Waals surface area contributed by atoms with Crippen LogP contribution >= 0.6 is 27.5 Å². The maximum Gasteiger partial charge on any atom is 0.225 e. The van der Waals surface area contributed by atoms with Gasteiger partial charge in [-0.15, -0.1) is 0 Å². The number of hydrogen-bond donors (Lipinski definition) is 0. The Morgan fingerprint density at radius 2 is 1.50 bits per heavy atom. The highest BCUT2D eigenvalue weighted by Gasteiger charge is 2.30. The first-order chi connectivity index (χ1) is 14.3. The standard InChI is InChI=1S/C21H26BrClN4O2S/c1-30(28,29)20-3-2-18(12-19(20)23)26-8-4-15(5-9-26)16-6-10-27(11-7-16)21-24-13-17(22)14-25-21/h2-3,12-16H,4-11H2,1H3. The first-order valence-corrected chi connectivity index (χ1v) is 13.3. The zero-order valence-electron chi connectivity index (χ0n) is 17.0. The minimum atomic E-state index is -3.30. The van der Waals surface area contributed by atoms with Crippen LogP contribution in [0.1, 0.15) is 25.7 Å². The Morgan fingerprint density at radius 3 is 2.00 bits per heavy atom. The summed E-state index contributed by atoms with van der Waals surface area (Å²) >= 11 is 9.62. The topological polar surface area (TPSA) is 66.4 Å².